The molecule has 0 saturated carbocycles. The molecule has 0 bridgehead atoms. The largest absolute Gasteiger partial charge is 0.345 e. The van der Waals surface area contributed by atoms with Gasteiger partial charge in [0.1, 0.15) is 0 Å². The topological polar surface area (TPSA) is 41.0 Å². The van der Waals surface area contributed by atoms with Crippen molar-refractivity contribution in [3.05, 3.63) is 40.7 Å². The lowest BCUT2D eigenvalue weighted by Gasteiger charge is -2.15. The molecule has 2 aromatic heterocycles. The van der Waals surface area contributed by atoms with Gasteiger partial charge in [-0.15, -0.1) is 11.3 Å². The minimum Gasteiger partial charge on any atom is -0.345 e. The molecule has 102 valence electrons. The molecule has 0 saturated heterocycles. The number of anilines is 1. The Morgan fingerprint density at radius 1 is 1.37 bits per heavy atom. The van der Waals surface area contributed by atoms with E-state index >= 15 is 0 Å². The SMILES string of the molecule is CNC(C)c1csc(N(C)Cc2cccc(C)n2)n1. The number of nitrogens with one attached hydrogen (secondary N) is 1. The fourth-order valence-electron chi connectivity index (χ4n) is 1.80. The highest BCUT2D eigenvalue weighted by molar-refractivity contribution is 7.13. The summed E-state index contributed by atoms with van der Waals surface area (Å²) >= 11 is 1.67. The first-order valence-electron chi connectivity index (χ1n) is 6.36. The fraction of sp³-hybridized carbons (Fsp3) is 0.429. The van der Waals surface area contributed by atoms with Gasteiger partial charge < -0.3 is 10.2 Å². The molecule has 2 aromatic rings. The maximum atomic E-state index is 4.65. The average molecular weight is 276 g/mol. The number of rotatable bonds is 5. The summed E-state index contributed by atoms with van der Waals surface area (Å²) < 4.78 is 0. The second-order valence-corrected chi connectivity index (χ2v) is 5.53. The van der Waals surface area contributed by atoms with Crippen LogP contribution in [0.5, 0.6) is 0 Å². The van der Waals surface area contributed by atoms with E-state index in [2.05, 4.69) is 39.5 Å². The van der Waals surface area contributed by atoms with Gasteiger partial charge in [0.15, 0.2) is 5.13 Å². The summed E-state index contributed by atoms with van der Waals surface area (Å²) in [6.07, 6.45) is 0. The monoisotopic (exact) mass is 276 g/mol. The highest BCUT2D eigenvalue weighted by atomic mass is 32.1. The van der Waals surface area contributed by atoms with Crippen molar-refractivity contribution in [3.8, 4) is 0 Å². The molecule has 0 fully saturated rings. The smallest absolute Gasteiger partial charge is 0.185 e. The molecule has 0 amide bonds. The first-order chi connectivity index (χ1) is 9.10. The van der Waals surface area contributed by atoms with Crippen molar-refractivity contribution < 1.29 is 0 Å². The van der Waals surface area contributed by atoms with Gasteiger partial charge in [-0.05, 0) is 33.0 Å². The van der Waals surface area contributed by atoms with E-state index in [4.69, 9.17) is 0 Å². The van der Waals surface area contributed by atoms with Crippen LogP contribution in [0.2, 0.25) is 0 Å². The maximum Gasteiger partial charge on any atom is 0.185 e. The number of nitrogens with zero attached hydrogens (tertiary/aromatic N) is 3. The van der Waals surface area contributed by atoms with Gasteiger partial charge >= 0.3 is 0 Å². The van der Waals surface area contributed by atoms with E-state index in [1.165, 1.54) is 0 Å². The third kappa shape index (κ3) is 3.52. The molecule has 1 atom stereocenters. The normalized spacial score (nSPS) is 12.4. The molecule has 1 N–H and O–H groups in total. The summed E-state index contributed by atoms with van der Waals surface area (Å²) in [6.45, 7) is 4.91. The minimum absolute atomic E-state index is 0.287. The van der Waals surface area contributed by atoms with Crippen LogP contribution >= 0.6 is 11.3 Å². The zero-order valence-corrected chi connectivity index (χ0v) is 12.7. The predicted molar refractivity (Wildman–Crippen MR) is 80.7 cm³/mol. The molecule has 2 heterocycles. The summed E-state index contributed by atoms with van der Waals surface area (Å²) in [4.78, 5) is 11.3. The quantitative estimate of drug-likeness (QED) is 0.911. The van der Waals surface area contributed by atoms with Crippen molar-refractivity contribution in [2.75, 3.05) is 19.0 Å². The highest BCUT2D eigenvalue weighted by Crippen LogP contribution is 2.23. The first kappa shape index (κ1) is 14.0. The van der Waals surface area contributed by atoms with E-state index in [0.717, 1.165) is 28.8 Å². The van der Waals surface area contributed by atoms with Crippen LogP contribution in [-0.2, 0) is 6.54 Å². The van der Waals surface area contributed by atoms with E-state index in [-0.39, 0.29) is 6.04 Å². The van der Waals surface area contributed by atoms with Crippen LogP contribution in [0.25, 0.3) is 0 Å². The molecule has 0 spiro atoms. The highest BCUT2D eigenvalue weighted by Gasteiger charge is 2.11. The summed E-state index contributed by atoms with van der Waals surface area (Å²) in [5, 5.41) is 6.34. The molecule has 0 aromatic carbocycles. The van der Waals surface area contributed by atoms with Crippen molar-refractivity contribution in [2.24, 2.45) is 0 Å². The Kier molecular flexibility index (Phi) is 4.50. The van der Waals surface area contributed by atoms with Crippen LogP contribution in [0.15, 0.2) is 23.6 Å². The Bertz CT molecular complexity index is 538. The summed E-state index contributed by atoms with van der Waals surface area (Å²) in [6, 6.07) is 6.39. The van der Waals surface area contributed by atoms with E-state index < -0.39 is 0 Å². The Morgan fingerprint density at radius 3 is 2.84 bits per heavy atom. The van der Waals surface area contributed by atoms with Gasteiger partial charge in [-0.3, -0.25) is 4.98 Å². The molecule has 5 heteroatoms. The Labute approximate surface area is 118 Å². The van der Waals surface area contributed by atoms with E-state index in [9.17, 15) is 0 Å². The summed E-state index contributed by atoms with van der Waals surface area (Å²) in [7, 11) is 4.00. The molecule has 0 aliphatic carbocycles. The van der Waals surface area contributed by atoms with E-state index in [1.54, 1.807) is 11.3 Å². The van der Waals surface area contributed by atoms with Crippen molar-refractivity contribution >= 4 is 16.5 Å². The van der Waals surface area contributed by atoms with Crippen LogP contribution in [0.4, 0.5) is 5.13 Å². The molecule has 4 nitrogen and oxygen atoms in total. The summed E-state index contributed by atoms with van der Waals surface area (Å²) in [5.41, 5.74) is 3.21. The van der Waals surface area contributed by atoms with Gasteiger partial charge in [0, 0.05) is 24.2 Å². The van der Waals surface area contributed by atoms with E-state index in [0.29, 0.717) is 0 Å². The second kappa shape index (κ2) is 6.12. The lowest BCUT2D eigenvalue weighted by Crippen LogP contribution is -2.18. The van der Waals surface area contributed by atoms with Crippen LogP contribution in [0, 0.1) is 6.92 Å². The lowest BCUT2D eigenvalue weighted by molar-refractivity contribution is 0.636. The Hall–Kier alpha value is -1.46. The van der Waals surface area contributed by atoms with Crippen LogP contribution in [0.1, 0.15) is 30.0 Å². The zero-order chi connectivity index (χ0) is 13.8. The van der Waals surface area contributed by atoms with Crippen molar-refractivity contribution in [1.82, 2.24) is 15.3 Å². The van der Waals surface area contributed by atoms with Crippen molar-refractivity contribution in [1.29, 1.82) is 0 Å². The minimum atomic E-state index is 0.287. The van der Waals surface area contributed by atoms with Gasteiger partial charge in [0.05, 0.1) is 17.9 Å². The molecule has 19 heavy (non-hydrogen) atoms. The van der Waals surface area contributed by atoms with Crippen LogP contribution < -0.4 is 10.2 Å². The molecule has 0 aliphatic heterocycles. The van der Waals surface area contributed by atoms with Gasteiger partial charge in [-0.2, -0.15) is 0 Å². The van der Waals surface area contributed by atoms with Crippen molar-refractivity contribution in [2.45, 2.75) is 26.4 Å². The van der Waals surface area contributed by atoms with Gasteiger partial charge in [-0.1, -0.05) is 6.07 Å². The standard InChI is InChI=1S/C14H20N4S/c1-10-6-5-7-12(16-10)8-18(4)14-17-13(9-19-14)11(2)15-3/h5-7,9,11,15H,8H2,1-4H3. The second-order valence-electron chi connectivity index (χ2n) is 4.69. The van der Waals surface area contributed by atoms with Gasteiger partial charge in [0.2, 0.25) is 0 Å². The number of pyridine rings is 1. The first-order valence-corrected chi connectivity index (χ1v) is 7.24. The van der Waals surface area contributed by atoms with E-state index in [1.807, 2.05) is 32.2 Å². The number of aromatic nitrogens is 2. The molecule has 1 unspecified atom stereocenters. The maximum absolute atomic E-state index is 4.65. The molecular weight excluding hydrogens is 256 g/mol. The third-order valence-electron chi connectivity index (χ3n) is 3.06. The van der Waals surface area contributed by atoms with Crippen LogP contribution in [-0.4, -0.2) is 24.1 Å². The zero-order valence-electron chi connectivity index (χ0n) is 11.8. The fourth-order valence-corrected chi connectivity index (χ4v) is 2.68. The van der Waals surface area contributed by atoms with Crippen LogP contribution in [0.3, 0.4) is 0 Å². The average Bonchev–Trinajstić information content (AvgIpc) is 2.87. The molecular formula is C14H20N4S. The number of thiazole rings is 1. The molecule has 0 aliphatic rings. The number of hydrogen-bond donors (Lipinski definition) is 1. The summed E-state index contributed by atoms with van der Waals surface area (Å²) in [5.74, 6) is 0. The lowest BCUT2D eigenvalue weighted by atomic mass is 10.3. The van der Waals surface area contributed by atoms with Crippen molar-refractivity contribution in [3.63, 3.8) is 0 Å². The number of aryl methyl sites for hydroxylation is 1. The third-order valence-corrected chi connectivity index (χ3v) is 4.03. The number of hydrogen-bond acceptors (Lipinski definition) is 5. The van der Waals surface area contributed by atoms with Gasteiger partial charge in [-0.25, -0.2) is 4.98 Å². The Morgan fingerprint density at radius 2 is 2.16 bits per heavy atom. The molecule has 2 rings (SSSR count). The molecule has 0 radical (unpaired) electrons. The Balaban J connectivity index is 2.07. The predicted octanol–water partition coefficient (Wildman–Crippen LogP) is 2.76. The van der Waals surface area contributed by atoms with Gasteiger partial charge in [0.25, 0.3) is 0 Å².